The molecule has 0 aliphatic heterocycles. The van der Waals surface area contributed by atoms with Crippen LogP contribution in [0.3, 0.4) is 0 Å². The molecule has 196 valence electrons. The number of rotatable bonds is 4. The summed E-state index contributed by atoms with van der Waals surface area (Å²) in [5, 5.41) is 4.69. The predicted molar refractivity (Wildman–Crippen MR) is 176 cm³/mol. The topological polar surface area (TPSA) is 25.8 Å². The number of fused-ring (bicyclic) bond motifs is 3. The van der Waals surface area contributed by atoms with E-state index in [0.717, 1.165) is 66.6 Å². The van der Waals surface area contributed by atoms with Gasteiger partial charge in [-0.25, -0.2) is 9.97 Å². The third-order valence-corrected chi connectivity index (χ3v) is 8.08. The molecule has 8 aromatic rings. The molecule has 2 nitrogen and oxygen atoms in total. The fraction of sp³-hybridized carbons (Fsp3) is 0. The van der Waals surface area contributed by atoms with Crippen molar-refractivity contribution < 1.29 is 0 Å². The Morgan fingerprint density at radius 2 is 0.667 bits per heavy atom. The highest BCUT2D eigenvalue weighted by Crippen LogP contribution is 2.41. The number of nitrogens with zero attached hydrogens (tertiary/aromatic N) is 2. The van der Waals surface area contributed by atoms with Gasteiger partial charge < -0.3 is 0 Å². The first kappa shape index (κ1) is 24.2. The highest BCUT2D eigenvalue weighted by molar-refractivity contribution is 6.08. The molecule has 8 rings (SSSR count). The van der Waals surface area contributed by atoms with Gasteiger partial charge in [-0.2, -0.15) is 0 Å². The van der Waals surface area contributed by atoms with Crippen LogP contribution in [0.15, 0.2) is 158 Å². The summed E-state index contributed by atoms with van der Waals surface area (Å²) in [7, 11) is 0. The van der Waals surface area contributed by atoms with E-state index in [1.54, 1.807) is 0 Å². The zero-order chi connectivity index (χ0) is 27.9. The highest BCUT2D eigenvalue weighted by Gasteiger charge is 2.21. The first-order valence-electron chi connectivity index (χ1n) is 14.3. The van der Waals surface area contributed by atoms with Crippen LogP contribution in [0.1, 0.15) is 0 Å². The summed E-state index contributed by atoms with van der Waals surface area (Å²) in [6.07, 6.45) is 0. The molecule has 2 heteroatoms. The van der Waals surface area contributed by atoms with Gasteiger partial charge in [-0.05, 0) is 32.7 Å². The maximum Gasteiger partial charge on any atom is 0.0979 e. The first-order chi connectivity index (χ1) is 20.8. The lowest BCUT2D eigenvalue weighted by Crippen LogP contribution is -2.00. The molecular weight excluding hydrogens is 508 g/mol. The van der Waals surface area contributed by atoms with Crippen molar-refractivity contribution in [1.82, 2.24) is 9.97 Å². The molecule has 1 aromatic heterocycles. The Morgan fingerprint density at radius 3 is 1.12 bits per heavy atom. The zero-order valence-electron chi connectivity index (χ0n) is 22.9. The third kappa shape index (κ3) is 4.05. The van der Waals surface area contributed by atoms with Gasteiger partial charge in [-0.1, -0.05) is 158 Å². The summed E-state index contributed by atoms with van der Waals surface area (Å²) in [5.74, 6) is 0. The average Bonchev–Trinajstić information content (AvgIpc) is 3.07. The number of aromatic nitrogens is 2. The van der Waals surface area contributed by atoms with Gasteiger partial charge >= 0.3 is 0 Å². The van der Waals surface area contributed by atoms with Crippen molar-refractivity contribution in [2.24, 2.45) is 0 Å². The fourth-order valence-corrected chi connectivity index (χ4v) is 6.08. The van der Waals surface area contributed by atoms with Crippen molar-refractivity contribution in [1.29, 1.82) is 0 Å². The van der Waals surface area contributed by atoms with Gasteiger partial charge in [0.15, 0.2) is 0 Å². The smallest absolute Gasteiger partial charge is 0.0979 e. The van der Waals surface area contributed by atoms with Gasteiger partial charge in [0.2, 0.25) is 0 Å². The van der Waals surface area contributed by atoms with E-state index in [0.29, 0.717) is 0 Å². The first-order valence-corrected chi connectivity index (χ1v) is 14.3. The molecule has 0 aliphatic rings. The van der Waals surface area contributed by atoms with Crippen LogP contribution in [0.4, 0.5) is 0 Å². The van der Waals surface area contributed by atoms with Crippen LogP contribution in [0.25, 0.3) is 77.3 Å². The Labute approximate surface area is 244 Å². The largest absolute Gasteiger partial charge is 0.243 e. The molecule has 0 atom stereocenters. The van der Waals surface area contributed by atoms with Crippen LogP contribution in [0.5, 0.6) is 0 Å². The Bertz CT molecular complexity index is 2060. The van der Waals surface area contributed by atoms with Crippen LogP contribution >= 0.6 is 0 Å². The average molecular weight is 535 g/mol. The Balaban J connectivity index is 1.55. The normalized spacial score (nSPS) is 11.3. The van der Waals surface area contributed by atoms with E-state index in [9.17, 15) is 0 Å². The summed E-state index contributed by atoms with van der Waals surface area (Å²) >= 11 is 0. The van der Waals surface area contributed by atoms with Gasteiger partial charge in [0, 0.05) is 22.3 Å². The lowest BCUT2D eigenvalue weighted by atomic mass is 9.93. The van der Waals surface area contributed by atoms with Gasteiger partial charge in [-0.15, -0.1) is 0 Å². The molecular formula is C40H26N2. The maximum atomic E-state index is 5.58. The van der Waals surface area contributed by atoms with Crippen molar-refractivity contribution in [2.75, 3.05) is 0 Å². The van der Waals surface area contributed by atoms with Crippen molar-refractivity contribution in [3.63, 3.8) is 0 Å². The highest BCUT2D eigenvalue weighted by atomic mass is 14.8. The second-order valence-electron chi connectivity index (χ2n) is 10.6. The minimum absolute atomic E-state index is 0.887. The summed E-state index contributed by atoms with van der Waals surface area (Å²) in [6.45, 7) is 0. The molecule has 0 amide bonds. The molecule has 0 aliphatic carbocycles. The summed E-state index contributed by atoms with van der Waals surface area (Å²) in [4.78, 5) is 11.2. The minimum atomic E-state index is 0.887. The Hall–Kier alpha value is -5.60. The van der Waals surface area contributed by atoms with E-state index in [1.807, 2.05) is 0 Å². The van der Waals surface area contributed by atoms with Crippen molar-refractivity contribution in [3.8, 4) is 44.8 Å². The number of hydrogen-bond donors (Lipinski definition) is 0. The molecule has 42 heavy (non-hydrogen) atoms. The van der Waals surface area contributed by atoms with E-state index in [-0.39, 0.29) is 0 Å². The van der Waals surface area contributed by atoms with Crippen molar-refractivity contribution >= 4 is 32.6 Å². The van der Waals surface area contributed by atoms with E-state index in [1.165, 1.54) is 10.8 Å². The van der Waals surface area contributed by atoms with E-state index in [2.05, 4.69) is 158 Å². The van der Waals surface area contributed by atoms with Gasteiger partial charge in [-0.3, -0.25) is 0 Å². The van der Waals surface area contributed by atoms with Crippen LogP contribution in [-0.2, 0) is 0 Å². The minimum Gasteiger partial charge on any atom is -0.243 e. The van der Waals surface area contributed by atoms with Crippen molar-refractivity contribution in [3.05, 3.63) is 158 Å². The molecule has 0 bridgehead atoms. The standard InChI is InChI=1S/C40H26N2/c1-3-13-29(14-4-1)33-25-26-34(30-15-5-2-6-16-30)38-37(33)41-39(35-23-11-19-27-17-7-9-21-31(27)35)40(42-38)36-24-12-20-28-18-8-10-22-32(28)36/h1-26H. The van der Waals surface area contributed by atoms with Crippen LogP contribution in [-0.4, -0.2) is 9.97 Å². The Morgan fingerprint density at radius 1 is 0.286 bits per heavy atom. The van der Waals surface area contributed by atoms with Gasteiger partial charge in [0.25, 0.3) is 0 Å². The molecule has 0 saturated carbocycles. The second-order valence-corrected chi connectivity index (χ2v) is 10.6. The lowest BCUT2D eigenvalue weighted by molar-refractivity contribution is 1.30. The van der Waals surface area contributed by atoms with Crippen LogP contribution in [0, 0.1) is 0 Å². The second kappa shape index (κ2) is 10.1. The molecule has 0 radical (unpaired) electrons. The monoisotopic (exact) mass is 534 g/mol. The van der Waals surface area contributed by atoms with E-state index in [4.69, 9.17) is 9.97 Å². The molecule has 0 N–H and O–H groups in total. The molecule has 0 spiro atoms. The van der Waals surface area contributed by atoms with Gasteiger partial charge in [0.1, 0.15) is 0 Å². The lowest BCUT2D eigenvalue weighted by Gasteiger charge is -2.17. The quantitative estimate of drug-likeness (QED) is 0.224. The van der Waals surface area contributed by atoms with Crippen LogP contribution < -0.4 is 0 Å². The molecule has 7 aromatic carbocycles. The van der Waals surface area contributed by atoms with Crippen molar-refractivity contribution in [2.45, 2.75) is 0 Å². The van der Waals surface area contributed by atoms with E-state index < -0.39 is 0 Å². The summed E-state index contributed by atoms with van der Waals surface area (Å²) in [5.41, 5.74) is 10.1. The zero-order valence-corrected chi connectivity index (χ0v) is 22.9. The number of hydrogen-bond acceptors (Lipinski definition) is 2. The van der Waals surface area contributed by atoms with E-state index >= 15 is 0 Å². The SMILES string of the molecule is c1ccc(-c2ccc(-c3ccccc3)c3nc(-c4cccc5ccccc45)c(-c4cccc5ccccc45)nc23)cc1. The summed E-state index contributed by atoms with van der Waals surface area (Å²) < 4.78 is 0. The fourth-order valence-electron chi connectivity index (χ4n) is 6.08. The molecule has 0 saturated heterocycles. The maximum absolute atomic E-state index is 5.58. The predicted octanol–water partition coefficient (Wildman–Crippen LogP) is 10.6. The number of benzene rings is 7. The summed E-state index contributed by atoms with van der Waals surface area (Å²) in [6, 6.07) is 55.4. The Kier molecular flexibility index (Phi) is 5.82. The molecule has 0 fully saturated rings. The molecule has 1 heterocycles. The van der Waals surface area contributed by atoms with Gasteiger partial charge in [0.05, 0.1) is 22.4 Å². The third-order valence-electron chi connectivity index (χ3n) is 8.08. The van der Waals surface area contributed by atoms with Crippen LogP contribution in [0.2, 0.25) is 0 Å². The molecule has 0 unspecified atom stereocenters.